The Morgan fingerprint density at radius 3 is 2.08 bits per heavy atom. The monoisotopic (exact) mass is 323 g/mol. The molecule has 1 aliphatic heterocycles. The smallest absolute Gasteiger partial charge is 0.317 e. The van der Waals surface area contributed by atoms with Crippen molar-refractivity contribution in [2.24, 2.45) is 0 Å². The van der Waals surface area contributed by atoms with Crippen LogP contribution in [0.5, 0.6) is 0 Å². The molecular weight excluding hydrogens is 302 g/mol. The Morgan fingerprint density at radius 2 is 1.54 bits per heavy atom. The third-order valence-electron chi connectivity index (χ3n) is 4.35. The van der Waals surface area contributed by atoms with E-state index in [4.69, 9.17) is 0 Å². The van der Waals surface area contributed by atoms with Gasteiger partial charge in [0.2, 0.25) is 0 Å². The summed E-state index contributed by atoms with van der Waals surface area (Å²) in [7, 11) is 0. The lowest BCUT2D eigenvalue weighted by Crippen LogP contribution is -2.22. The molecule has 2 N–H and O–H groups in total. The van der Waals surface area contributed by atoms with Crippen LogP contribution in [0.15, 0.2) is 23.9 Å². The average molecular weight is 323 g/mol. The summed E-state index contributed by atoms with van der Waals surface area (Å²) >= 11 is 0. The van der Waals surface area contributed by atoms with E-state index in [0.717, 1.165) is 17.0 Å². The standard InChI is InChI=1S/C19H21N3O2/c1-10-6-11(2)17(12(3)7-10)22-13(4)8-15(14(22)5)9-16-18(23)21-19(24)20-16/h6-9H,1-5H3,(H2,20,21,23,24). The first-order valence-corrected chi connectivity index (χ1v) is 7.89. The van der Waals surface area contributed by atoms with Crippen molar-refractivity contribution in [3.05, 3.63) is 57.5 Å². The third kappa shape index (κ3) is 2.62. The van der Waals surface area contributed by atoms with E-state index in [2.05, 4.69) is 48.1 Å². The van der Waals surface area contributed by atoms with Crippen molar-refractivity contribution in [3.8, 4) is 5.69 Å². The highest BCUT2D eigenvalue weighted by atomic mass is 16.2. The maximum absolute atomic E-state index is 11.7. The number of aryl methyl sites for hydroxylation is 4. The molecule has 2 heterocycles. The lowest BCUT2D eigenvalue weighted by Gasteiger charge is -2.17. The number of aromatic nitrogens is 1. The van der Waals surface area contributed by atoms with Gasteiger partial charge in [-0.2, -0.15) is 0 Å². The molecule has 3 rings (SSSR count). The first-order valence-electron chi connectivity index (χ1n) is 7.89. The van der Waals surface area contributed by atoms with Gasteiger partial charge in [-0.1, -0.05) is 17.7 Å². The number of imide groups is 1. The van der Waals surface area contributed by atoms with Crippen LogP contribution in [0.4, 0.5) is 4.79 Å². The third-order valence-corrected chi connectivity index (χ3v) is 4.35. The predicted octanol–water partition coefficient (Wildman–Crippen LogP) is 3.20. The molecule has 124 valence electrons. The van der Waals surface area contributed by atoms with Crippen LogP contribution in [0.25, 0.3) is 11.8 Å². The molecule has 2 aromatic rings. The molecule has 0 saturated carbocycles. The molecule has 3 amide bonds. The average Bonchev–Trinajstić information content (AvgIpc) is 2.91. The number of nitrogens with zero attached hydrogens (tertiary/aromatic N) is 1. The van der Waals surface area contributed by atoms with Crippen molar-refractivity contribution < 1.29 is 9.59 Å². The molecule has 0 radical (unpaired) electrons. The number of amides is 3. The molecule has 1 aromatic heterocycles. The number of nitrogens with one attached hydrogen (secondary N) is 2. The van der Waals surface area contributed by atoms with E-state index in [-0.39, 0.29) is 5.70 Å². The largest absolute Gasteiger partial charge is 0.326 e. The minimum Gasteiger partial charge on any atom is -0.317 e. The number of hydrogen-bond acceptors (Lipinski definition) is 2. The molecule has 1 aromatic carbocycles. The zero-order chi connectivity index (χ0) is 17.6. The number of benzene rings is 1. The van der Waals surface area contributed by atoms with Crippen LogP contribution < -0.4 is 10.6 Å². The van der Waals surface area contributed by atoms with Crippen molar-refractivity contribution in [2.45, 2.75) is 34.6 Å². The molecule has 0 unspecified atom stereocenters. The van der Waals surface area contributed by atoms with E-state index in [1.165, 1.54) is 22.4 Å². The number of carbonyl (C=O) groups is 2. The fraction of sp³-hybridized carbons (Fsp3) is 0.263. The second-order valence-corrected chi connectivity index (χ2v) is 6.38. The van der Waals surface area contributed by atoms with E-state index in [1.807, 2.05) is 19.9 Å². The fourth-order valence-electron chi connectivity index (χ4n) is 3.44. The van der Waals surface area contributed by atoms with Crippen LogP contribution in [0, 0.1) is 34.6 Å². The highest BCUT2D eigenvalue weighted by molar-refractivity contribution is 6.14. The van der Waals surface area contributed by atoms with Crippen LogP contribution in [-0.4, -0.2) is 16.5 Å². The molecule has 5 heteroatoms. The Balaban J connectivity index is 2.14. The fourth-order valence-corrected chi connectivity index (χ4v) is 3.44. The van der Waals surface area contributed by atoms with Crippen LogP contribution >= 0.6 is 0 Å². The van der Waals surface area contributed by atoms with Gasteiger partial charge in [0, 0.05) is 11.4 Å². The van der Waals surface area contributed by atoms with Gasteiger partial charge in [0.05, 0.1) is 5.69 Å². The molecule has 0 atom stereocenters. The topological polar surface area (TPSA) is 63.1 Å². The molecule has 0 aliphatic carbocycles. The van der Waals surface area contributed by atoms with Crippen molar-refractivity contribution in [2.75, 3.05) is 0 Å². The van der Waals surface area contributed by atoms with Crippen molar-refractivity contribution in [3.63, 3.8) is 0 Å². The van der Waals surface area contributed by atoms with Crippen molar-refractivity contribution in [1.29, 1.82) is 0 Å². The van der Waals surface area contributed by atoms with E-state index >= 15 is 0 Å². The molecule has 1 saturated heterocycles. The SMILES string of the molecule is Cc1cc(C)c(-n2c(C)cc(C=C3NC(=O)NC3=O)c2C)c(C)c1. The van der Waals surface area contributed by atoms with Crippen LogP contribution in [0.2, 0.25) is 0 Å². The van der Waals surface area contributed by atoms with Gasteiger partial charge in [-0.25, -0.2) is 4.79 Å². The first-order chi connectivity index (χ1) is 11.3. The molecule has 0 bridgehead atoms. The first kappa shape index (κ1) is 16.1. The summed E-state index contributed by atoms with van der Waals surface area (Å²) in [5, 5.41) is 4.75. The highest BCUT2D eigenvalue weighted by Crippen LogP contribution is 2.28. The molecule has 1 aliphatic rings. The Hall–Kier alpha value is -2.82. The summed E-state index contributed by atoms with van der Waals surface area (Å²) in [5.74, 6) is -0.396. The van der Waals surface area contributed by atoms with Gasteiger partial charge in [-0.15, -0.1) is 0 Å². The predicted molar refractivity (Wildman–Crippen MR) is 94.1 cm³/mol. The van der Waals surface area contributed by atoms with Gasteiger partial charge in [0.15, 0.2) is 0 Å². The number of urea groups is 1. The molecule has 24 heavy (non-hydrogen) atoms. The summed E-state index contributed by atoms with van der Waals surface area (Å²) in [5.41, 5.74) is 8.13. The molecule has 0 spiro atoms. The maximum atomic E-state index is 11.7. The van der Waals surface area contributed by atoms with Crippen LogP contribution in [0.1, 0.15) is 33.6 Å². The maximum Gasteiger partial charge on any atom is 0.326 e. The van der Waals surface area contributed by atoms with E-state index in [0.29, 0.717) is 0 Å². The Labute approximate surface area is 141 Å². The van der Waals surface area contributed by atoms with Crippen molar-refractivity contribution in [1.82, 2.24) is 15.2 Å². The van der Waals surface area contributed by atoms with Gasteiger partial charge in [-0.3, -0.25) is 10.1 Å². The summed E-state index contributed by atoms with van der Waals surface area (Å²) in [6, 6.07) is 5.89. The second-order valence-electron chi connectivity index (χ2n) is 6.38. The highest BCUT2D eigenvalue weighted by Gasteiger charge is 2.23. The molecular formula is C19H21N3O2. The molecule has 5 nitrogen and oxygen atoms in total. The normalized spacial score (nSPS) is 15.8. The zero-order valence-electron chi connectivity index (χ0n) is 14.6. The van der Waals surface area contributed by atoms with Gasteiger partial charge in [0.25, 0.3) is 5.91 Å². The lowest BCUT2D eigenvalue weighted by molar-refractivity contribution is -0.115. The van der Waals surface area contributed by atoms with Crippen molar-refractivity contribution >= 4 is 18.0 Å². The second kappa shape index (κ2) is 5.67. The quantitative estimate of drug-likeness (QED) is 0.658. The van der Waals surface area contributed by atoms with Gasteiger partial charge in [0.1, 0.15) is 5.70 Å². The summed E-state index contributed by atoms with van der Waals surface area (Å²) in [4.78, 5) is 23.0. The van der Waals surface area contributed by atoms with Crippen LogP contribution in [0.3, 0.4) is 0 Å². The number of rotatable bonds is 2. The van der Waals surface area contributed by atoms with Gasteiger partial charge >= 0.3 is 6.03 Å². The Morgan fingerprint density at radius 1 is 0.917 bits per heavy atom. The molecule has 1 fully saturated rings. The summed E-state index contributed by atoms with van der Waals surface area (Å²) < 4.78 is 2.20. The van der Waals surface area contributed by atoms with E-state index in [9.17, 15) is 9.59 Å². The van der Waals surface area contributed by atoms with Gasteiger partial charge < -0.3 is 9.88 Å². The summed E-state index contributed by atoms with van der Waals surface area (Å²) in [6.07, 6.45) is 1.72. The Kier molecular flexibility index (Phi) is 3.79. The lowest BCUT2D eigenvalue weighted by atomic mass is 10.0. The zero-order valence-corrected chi connectivity index (χ0v) is 14.6. The van der Waals surface area contributed by atoms with E-state index < -0.39 is 11.9 Å². The minimum atomic E-state index is -0.481. The number of hydrogen-bond donors (Lipinski definition) is 2. The van der Waals surface area contributed by atoms with Crippen LogP contribution in [-0.2, 0) is 4.79 Å². The summed E-state index contributed by atoms with van der Waals surface area (Å²) in [6.45, 7) is 10.4. The number of carbonyl (C=O) groups excluding carboxylic acids is 2. The Bertz CT molecular complexity index is 881. The van der Waals surface area contributed by atoms with Gasteiger partial charge in [-0.05, 0) is 63.5 Å². The van der Waals surface area contributed by atoms with E-state index in [1.54, 1.807) is 6.08 Å². The minimum absolute atomic E-state index is 0.276.